The van der Waals surface area contributed by atoms with E-state index in [0.717, 1.165) is 55.7 Å². The van der Waals surface area contributed by atoms with Gasteiger partial charge < -0.3 is 4.42 Å². The van der Waals surface area contributed by atoms with Crippen LogP contribution in [0.4, 0.5) is 0 Å². The zero-order chi connectivity index (χ0) is 27.4. The smallest absolute Gasteiger partial charge is 0.190 e. The maximum absolute atomic E-state index is 14.5. The molecule has 0 aliphatic heterocycles. The first kappa shape index (κ1) is 24.8. The quantitative estimate of drug-likeness (QED) is 0.333. The highest BCUT2D eigenvalue weighted by Gasteiger charge is 2.63. The average Bonchev–Trinajstić information content (AvgIpc) is 3.25. The molecule has 4 nitrogen and oxygen atoms in total. The first-order chi connectivity index (χ1) is 17.8. The van der Waals surface area contributed by atoms with E-state index in [0.29, 0.717) is 24.8 Å². The lowest BCUT2D eigenvalue weighted by Crippen LogP contribution is -2.57. The van der Waals surface area contributed by atoms with Crippen LogP contribution in [0.2, 0.25) is 0 Å². The lowest BCUT2D eigenvalue weighted by atomic mass is 9.42. The Kier molecular flexibility index (Phi) is 5.06. The minimum atomic E-state index is -0.903. The van der Waals surface area contributed by atoms with E-state index in [2.05, 4.69) is 26.0 Å². The number of hydrogen-bond acceptors (Lipinski definition) is 4. The summed E-state index contributed by atoms with van der Waals surface area (Å²) in [5.41, 5.74) is 5.49. The Hall–Kier alpha value is -3.53. The molecule has 0 saturated heterocycles. The maximum atomic E-state index is 14.5. The Morgan fingerprint density at radius 2 is 1.66 bits per heavy atom. The van der Waals surface area contributed by atoms with Crippen molar-refractivity contribution >= 4 is 28.3 Å². The molecule has 4 heteroatoms. The van der Waals surface area contributed by atoms with Crippen LogP contribution >= 0.6 is 0 Å². The van der Waals surface area contributed by atoms with Crippen molar-refractivity contribution in [2.75, 3.05) is 0 Å². The molecule has 0 radical (unpaired) electrons. The molecule has 0 spiro atoms. The summed E-state index contributed by atoms with van der Waals surface area (Å²) in [6, 6.07) is 14.1. The molecule has 2 aromatic carbocycles. The number of furan rings is 1. The standard InChI is InChI=1S/C34H34O4/c1-18-12-13-23(26-14-22-10-8-9-11-25(22)38-26)24-16-32(5)17-33(6)15-19(2)27(21(4)35)31(37)34(33,7)20(3)29(32)30(36)28(18)24/h8-14H,15-17H2,1-7H3. The molecule has 0 amide bonds. The normalized spacial score (nSPS) is 28.9. The number of allylic oxidation sites excluding steroid dienone is 4. The number of hydrogen-bond donors (Lipinski definition) is 0. The molecule has 3 unspecified atom stereocenters. The molecule has 0 bridgehead atoms. The van der Waals surface area contributed by atoms with E-state index >= 15 is 0 Å². The van der Waals surface area contributed by atoms with Gasteiger partial charge in [-0.05, 0) is 82.6 Å². The number of rotatable bonds is 2. The number of ketones is 3. The first-order valence-electron chi connectivity index (χ1n) is 13.5. The van der Waals surface area contributed by atoms with Gasteiger partial charge in [0.05, 0.1) is 11.0 Å². The van der Waals surface area contributed by atoms with E-state index in [4.69, 9.17) is 4.42 Å². The minimum Gasteiger partial charge on any atom is -0.456 e. The van der Waals surface area contributed by atoms with E-state index in [1.54, 1.807) is 0 Å². The number of Topliss-reactive ketones (excluding diaryl/α,β-unsaturated/α-hetero) is 3. The number of fused-ring (bicyclic) bond motifs is 4. The summed E-state index contributed by atoms with van der Waals surface area (Å²) in [5, 5.41) is 1.03. The van der Waals surface area contributed by atoms with Crippen molar-refractivity contribution in [2.24, 2.45) is 16.2 Å². The molecular weight excluding hydrogens is 472 g/mol. The number of aryl methyl sites for hydroxylation is 1. The van der Waals surface area contributed by atoms with Gasteiger partial charge in [-0.2, -0.15) is 0 Å². The summed E-state index contributed by atoms with van der Waals surface area (Å²) in [6.45, 7) is 13.7. The Labute approximate surface area is 223 Å². The summed E-state index contributed by atoms with van der Waals surface area (Å²) in [4.78, 5) is 41.0. The SMILES string of the molecule is CC(=O)C1=C(C)CC2(C)CC3(C)Cc4c(-c5cc6ccccc6o5)ccc(C)c4C(=O)C3=C(C)C2(C)C1=O. The second kappa shape index (κ2) is 7.75. The number of benzene rings is 2. The van der Waals surface area contributed by atoms with Gasteiger partial charge in [-0.1, -0.05) is 55.3 Å². The fourth-order valence-corrected chi connectivity index (χ4v) is 8.26. The van der Waals surface area contributed by atoms with Crippen molar-refractivity contribution < 1.29 is 18.8 Å². The highest BCUT2D eigenvalue weighted by atomic mass is 16.3. The Balaban J connectivity index is 1.59. The summed E-state index contributed by atoms with van der Waals surface area (Å²) in [7, 11) is 0. The summed E-state index contributed by atoms with van der Waals surface area (Å²) in [6.07, 6.45) is 2.04. The molecule has 1 aromatic heterocycles. The monoisotopic (exact) mass is 506 g/mol. The molecule has 0 N–H and O–H groups in total. The number of carbonyl (C=O) groups excluding carboxylic acids is 3. The van der Waals surface area contributed by atoms with Crippen LogP contribution in [0.1, 0.15) is 75.9 Å². The van der Waals surface area contributed by atoms with E-state index in [9.17, 15) is 14.4 Å². The lowest BCUT2D eigenvalue weighted by Gasteiger charge is -2.59. The Bertz CT molecular complexity index is 1640. The average molecular weight is 507 g/mol. The van der Waals surface area contributed by atoms with Crippen LogP contribution in [0.15, 0.2) is 69.2 Å². The zero-order valence-electron chi connectivity index (χ0n) is 23.3. The fraction of sp³-hybridized carbons (Fsp3) is 0.382. The third kappa shape index (κ3) is 3.00. The molecule has 0 saturated carbocycles. The predicted molar refractivity (Wildman–Crippen MR) is 149 cm³/mol. The van der Waals surface area contributed by atoms with E-state index < -0.39 is 16.2 Å². The van der Waals surface area contributed by atoms with E-state index in [1.165, 1.54) is 6.92 Å². The van der Waals surface area contributed by atoms with Gasteiger partial charge in [-0.15, -0.1) is 0 Å². The second-order valence-electron chi connectivity index (χ2n) is 12.6. The molecule has 1 heterocycles. The van der Waals surface area contributed by atoms with E-state index in [-0.39, 0.29) is 17.3 Å². The highest BCUT2D eigenvalue weighted by molar-refractivity contribution is 6.24. The van der Waals surface area contributed by atoms with Gasteiger partial charge in [-0.3, -0.25) is 14.4 Å². The zero-order valence-corrected chi connectivity index (χ0v) is 23.3. The summed E-state index contributed by atoms with van der Waals surface area (Å²) in [5.74, 6) is 0.462. The first-order valence-corrected chi connectivity index (χ1v) is 13.5. The van der Waals surface area contributed by atoms with Crippen molar-refractivity contribution in [1.29, 1.82) is 0 Å². The third-order valence-corrected chi connectivity index (χ3v) is 10.1. The highest BCUT2D eigenvalue weighted by Crippen LogP contribution is 2.66. The lowest BCUT2D eigenvalue weighted by molar-refractivity contribution is -0.134. The van der Waals surface area contributed by atoms with E-state index in [1.807, 2.05) is 58.0 Å². The molecule has 3 aromatic rings. The van der Waals surface area contributed by atoms with Crippen LogP contribution in [0, 0.1) is 23.2 Å². The largest absolute Gasteiger partial charge is 0.456 e. The third-order valence-electron chi connectivity index (χ3n) is 10.1. The number of para-hydroxylation sites is 1. The second-order valence-corrected chi connectivity index (χ2v) is 12.6. The van der Waals surface area contributed by atoms with Crippen LogP contribution < -0.4 is 0 Å². The van der Waals surface area contributed by atoms with Crippen LogP contribution in [0.25, 0.3) is 22.3 Å². The van der Waals surface area contributed by atoms with Gasteiger partial charge in [-0.25, -0.2) is 0 Å². The van der Waals surface area contributed by atoms with Gasteiger partial charge in [0.1, 0.15) is 11.3 Å². The molecular formula is C34H34O4. The fourth-order valence-electron chi connectivity index (χ4n) is 8.26. The van der Waals surface area contributed by atoms with Gasteiger partial charge in [0, 0.05) is 27.5 Å². The Morgan fingerprint density at radius 1 is 0.947 bits per heavy atom. The molecule has 3 atom stereocenters. The number of carbonyl (C=O) groups is 3. The van der Waals surface area contributed by atoms with Crippen molar-refractivity contribution in [3.63, 3.8) is 0 Å². The molecule has 38 heavy (non-hydrogen) atoms. The van der Waals surface area contributed by atoms with Gasteiger partial charge in [0.15, 0.2) is 17.3 Å². The van der Waals surface area contributed by atoms with Crippen LogP contribution in [-0.4, -0.2) is 17.3 Å². The van der Waals surface area contributed by atoms with Crippen molar-refractivity contribution in [3.8, 4) is 11.3 Å². The van der Waals surface area contributed by atoms with Crippen molar-refractivity contribution in [1.82, 2.24) is 0 Å². The molecule has 6 rings (SSSR count). The minimum absolute atomic E-state index is 0.00781. The maximum Gasteiger partial charge on any atom is 0.190 e. The summed E-state index contributed by atoms with van der Waals surface area (Å²) >= 11 is 0. The molecule has 194 valence electrons. The Morgan fingerprint density at radius 3 is 2.34 bits per heavy atom. The van der Waals surface area contributed by atoms with Crippen LogP contribution in [0.5, 0.6) is 0 Å². The predicted octanol–water partition coefficient (Wildman–Crippen LogP) is 7.76. The van der Waals surface area contributed by atoms with Crippen molar-refractivity contribution in [3.05, 3.63) is 81.4 Å². The van der Waals surface area contributed by atoms with Crippen LogP contribution in [0.3, 0.4) is 0 Å². The molecule has 3 aliphatic carbocycles. The molecule has 0 fully saturated rings. The molecule has 3 aliphatic rings. The topological polar surface area (TPSA) is 64.3 Å². The van der Waals surface area contributed by atoms with Gasteiger partial charge >= 0.3 is 0 Å². The van der Waals surface area contributed by atoms with Gasteiger partial charge in [0.25, 0.3) is 0 Å². The van der Waals surface area contributed by atoms with Crippen molar-refractivity contribution in [2.45, 2.75) is 67.7 Å². The van der Waals surface area contributed by atoms with Crippen LogP contribution in [-0.2, 0) is 16.0 Å². The summed E-state index contributed by atoms with van der Waals surface area (Å²) < 4.78 is 6.26. The van der Waals surface area contributed by atoms with Gasteiger partial charge in [0.2, 0.25) is 0 Å².